The van der Waals surface area contributed by atoms with Crippen molar-refractivity contribution in [2.75, 3.05) is 11.4 Å². The maximum Gasteiger partial charge on any atom is 0.323 e. The van der Waals surface area contributed by atoms with Crippen LogP contribution in [0.5, 0.6) is 0 Å². The summed E-state index contributed by atoms with van der Waals surface area (Å²) in [6.07, 6.45) is 3.41. The van der Waals surface area contributed by atoms with Crippen molar-refractivity contribution in [2.45, 2.75) is 24.8 Å². The molecule has 21 heavy (non-hydrogen) atoms. The zero-order chi connectivity index (χ0) is 14.6. The fourth-order valence-corrected chi connectivity index (χ4v) is 3.36. The number of hydrogen-bond donors (Lipinski definition) is 2. The van der Waals surface area contributed by atoms with Crippen LogP contribution in [0.3, 0.4) is 0 Å². The molecule has 2 fully saturated rings. The number of benzene rings is 1. The van der Waals surface area contributed by atoms with Crippen molar-refractivity contribution in [3.8, 4) is 0 Å². The third-order valence-electron chi connectivity index (χ3n) is 4.70. The number of amides is 4. The van der Waals surface area contributed by atoms with Crippen molar-refractivity contribution in [3.63, 3.8) is 0 Å². The number of nitrogens with zero attached hydrogens (tertiary/aromatic N) is 1. The van der Waals surface area contributed by atoms with Crippen LogP contribution in [0.1, 0.15) is 24.8 Å². The third kappa shape index (κ3) is 1.50. The lowest BCUT2D eigenvalue weighted by Gasteiger charge is -2.31. The third-order valence-corrected chi connectivity index (χ3v) is 4.70. The lowest BCUT2D eigenvalue weighted by atomic mass is 9.85. The Morgan fingerprint density at radius 1 is 1.19 bits per heavy atom. The summed E-state index contributed by atoms with van der Waals surface area (Å²) in [5.41, 5.74) is -0.276. The summed E-state index contributed by atoms with van der Waals surface area (Å²) < 4.78 is 0. The normalized spacial score (nSPS) is 27.6. The molecule has 1 saturated heterocycles. The van der Waals surface area contributed by atoms with Crippen LogP contribution in [0.4, 0.5) is 10.5 Å². The van der Waals surface area contributed by atoms with Crippen LogP contribution >= 0.6 is 0 Å². The highest BCUT2D eigenvalue weighted by atomic mass is 16.2. The van der Waals surface area contributed by atoms with Crippen LogP contribution in [-0.4, -0.2) is 24.4 Å². The molecule has 6 nitrogen and oxygen atoms in total. The number of imide groups is 1. The van der Waals surface area contributed by atoms with Gasteiger partial charge in [0, 0.05) is 12.1 Å². The highest BCUT2D eigenvalue weighted by Crippen LogP contribution is 2.43. The minimum atomic E-state index is -1.57. The maximum absolute atomic E-state index is 12.9. The van der Waals surface area contributed by atoms with E-state index in [1.165, 1.54) is 6.42 Å². The molecular weight excluding hydrogens is 270 g/mol. The number of rotatable bonds is 2. The average Bonchev–Trinajstić information content (AvgIpc) is 2.84. The Balaban J connectivity index is 1.81. The van der Waals surface area contributed by atoms with Gasteiger partial charge in [-0.1, -0.05) is 24.6 Å². The summed E-state index contributed by atoms with van der Waals surface area (Å²) in [5, 5.41) is 4.72. The molecule has 1 unspecified atom stereocenters. The summed E-state index contributed by atoms with van der Waals surface area (Å²) in [4.78, 5) is 38.3. The van der Waals surface area contributed by atoms with E-state index in [0.29, 0.717) is 18.0 Å². The Morgan fingerprint density at radius 2 is 1.95 bits per heavy atom. The Labute approximate surface area is 121 Å². The Bertz CT molecular complexity index is 668. The van der Waals surface area contributed by atoms with E-state index in [1.54, 1.807) is 17.0 Å². The molecule has 0 aromatic heterocycles. The van der Waals surface area contributed by atoms with Crippen molar-refractivity contribution in [2.24, 2.45) is 5.92 Å². The number of urea groups is 1. The molecule has 1 atom stereocenters. The number of para-hydroxylation sites is 1. The van der Waals surface area contributed by atoms with Gasteiger partial charge in [-0.3, -0.25) is 14.9 Å². The number of nitrogens with one attached hydrogen (secondary N) is 2. The molecule has 3 aliphatic rings. The lowest BCUT2D eigenvalue weighted by molar-refractivity contribution is -0.134. The van der Waals surface area contributed by atoms with Gasteiger partial charge in [-0.05, 0) is 24.8 Å². The quantitative estimate of drug-likeness (QED) is 0.625. The van der Waals surface area contributed by atoms with E-state index >= 15 is 0 Å². The van der Waals surface area contributed by atoms with E-state index in [1.807, 2.05) is 12.1 Å². The number of carbonyl (C=O) groups is 3. The molecule has 0 radical (unpaired) electrons. The van der Waals surface area contributed by atoms with Crippen LogP contribution < -0.4 is 15.5 Å². The first kappa shape index (κ1) is 12.4. The second kappa shape index (κ2) is 4.07. The van der Waals surface area contributed by atoms with Gasteiger partial charge in [-0.25, -0.2) is 4.79 Å². The molecule has 2 N–H and O–H groups in total. The predicted octanol–water partition coefficient (Wildman–Crippen LogP) is 0.868. The number of fused-ring (bicyclic) bond motifs is 2. The Kier molecular flexibility index (Phi) is 2.40. The van der Waals surface area contributed by atoms with Gasteiger partial charge < -0.3 is 10.2 Å². The van der Waals surface area contributed by atoms with Crippen LogP contribution in [-0.2, 0) is 15.1 Å². The lowest BCUT2D eigenvalue weighted by Crippen LogP contribution is -2.53. The molecule has 108 valence electrons. The average molecular weight is 285 g/mol. The van der Waals surface area contributed by atoms with E-state index in [4.69, 9.17) is 0 Å². The molecule has 6 heteroatoms. The zero-order valence-electron chi connectivity index (χ0n) is 11.4. The molecule has 1 aromatic carbocycles. The van der Waals surface area contributed by atoms with E-state index < -0.39 is 17.5 Å². The minimum Gasteiger partial charge on any atom is -0.312 e. The summed E-state index contributed by atoms with van der Waals surface area (Å²) in [6.45, 7) is 0.612. The Morgan fingerprint density at radius 3 is 2.57 bits per heavy atom. The molecular formula is C15H15N3O3. The van der Waals surface area contributed by atoms with Gasteiger partial charge in [0.05, 0.1) is 5.69 Å². The molecule has 1 saturated carbocycles. The summed E-state index contributed by atoms with van der Waals surface area (Å²) in [6, 6.07) is 6.57. The van der Waals surface area contributed by atoms with Crippen LogP contribution in [0.2, 0.25) is 0 Å². The topological polar surface area (TPSA) is 78.5 Å². The van der Waals surface area contributed by atoms with Gasteiger partial charge >= 0.3 is 6.03 Å². The monoisotopic (exact) mass is 285 g/mol. The van der Waals surface area contributed by atoms with E-state index in [-0.39, 0.29) is 5.91 Å². The molecule has 2 aliphatic heterocycles. The van der Waals surface area contributed by atoms with Crippen molar-refractivity contribution in [1.29, 1.82) is 0 Å². The molecule has 4 rings (SSSR count). The van der Waals surface area contributed by atoms with E-state index in [0.717, 1.165) is 18.5 Å². The highest BCUT2D eigenvalue weighted by molar-refractivity contribution is 6.27. The van der Waals surface area contributed by atoms with Crippen LogP contribution in [0, 0.1) is 5.92 Å². The van der Waals surface area contributed by atoms with Crippen molar-refractivity contribution < 1.29 is 14.4 Å². The summed E-state index contributed by atoms with van der Waals surface area (Å²) >= 11 is 0. The predicted molar refractivity (Wildman–Crippen MR) is 74.5 cm³/mol. The smallest absolute Gasteiger partial charge is 0.312 e. The van der Waals surface area contributed by atoms with Gasteiger partial charge in [-0.15, -0.1) is 0 Å². The number of hydrogen-bond acceptors (Lipinski definition) is 3. The minimum absolute atomic E-state index is 0.348. The van der Waals surface area contributed by atoms with Crippen molar-refractivity contribution in [3.05, 3.63) is 29.8 Å². The zero-order valence-corrected chi connectivity index (χ0v) is 11.4. The molecule has 1 aromatic rings. The summed E-state index contributed by atoms with van der Waals surface area (Å²) in [7, 11) is 0. The second-order valence-corrected chi connectivity index (χ2v) is 5.89. The first-order valence-corrected chi connectivity index (χ1v) is 7.18. The number of carbonyl (C=O) groups excluding carboxylic acids is 3. The molecule has 1 spiro atoms. The van der Waals surface area contributed by atoms with Gasteiger partial charge in [-0.2, -0.15) is 0 Å². The van der Waals surface area contributed by atoms with Gasteiger partial charge in [0.25, 0.3) is 11.8 Å². The fourth-order valence-electron chi connectivity index (χ4n) is 3.36. The highest BCUT2D eigenvalue weighted by Gasteiger charge is 2.61. The maximum atomic E-state index is 12.9. The van der Waals surface area contributed by atoms with E-state index in [9.17, 15) is 14.4 Å². The van der Waals surface area contributed by atoms with Crippen LogP contribution in [0.25, 0.3) is 0 Å². The molecule has 1 aliphatic carbocycles. The second-order valence-electron chi connectivity index (χ2n) is 5.89. The van der Waals surface area contributed by atoms with Crippen LogP contribution in [0.15, 0.2) is 24.3 Å². The molecule has 4 amide bonds. The largest absolute Gasteiger partial charge is 0.323 e. The van der Waals surface area contributed by atoms with Crippen molar-refractivity contribution in [1.82, 2.24) is 10.6 Å². The standard InChI is InChI=1S/C15H15N3O3/c19-12-15(17-14(21)16-12)10-6-1-2-7-11(10)18(13(15)20)8-9-4-3-5-9/h1-2,6-7,9H,3-5,8H2,(H2,16,17,19,21). The molecule has 0 bridgehead atoms. The SMILES string of the molecule is O=C1NC(=O)C2(N1)C(=O)N(CC1CCC1)c1ccccc12. The first-order valence-electron chi connectivity index (χ1n) is 7.18. The van der Waals surface area contributed by atoms with Gasteiger partial charge in [0.2, 0.25) is 5.54 Å². The van der Waals surface area contributed by atoms with Gasteiger partial charge in [0.15, 0.2) is 0 Å². The number of anilines is 1. The van der Waals surface area contributed by atoms with Crippen molar-refractivity contribution >= 4 is 23.5 Å². The summed E-state index contributed by atoms with van der Waals surface area (Å²) in [5.74, 6) is -0.447. The van der Waals surface area contributed by atoms with Gasteiger partial charge in [0.1, 0.15) is 0 Å². The fraction of sp³-hybridized carbons (Fsp3) is 0.400. The molecule has 2 heterocycles. The van der Waals surface area contributed by atoms with E-state index in [2.05, 4.69) is 10.6 Å². The Hall–Kier alpha value is -2.37. The first-order chi connectivity index (χ1) is 10.1.